The number of hydrogen-bond acceptors (Lipinski definition) is 4. The van der Waals surface area contributed by atoms with E-state index in [0.29, 0.717) is 13.1 Å². The quantitative estimate of drug-likeness (QED) is 0.711. The topological polar surface area (TPSA) is 73.0 Å². The van der Waals surface area contributed by atoms with E-state index in [2.05, 4.69) is 36.5 Å². The van der Waals surface area contributed by atoms with Crippen molar-refractivity contribution in [2.24, 2.45) is 0 Å². The van der Waals surface area contributed by atoms with E-state index in [9.17, 15) is 9.59 Å². The molecule has 3 heterocycles. The Bertz CT molecular complexity index is 1050. The Labute approximate surface area is 157 Å². The molecule has 2 aromatic heterocycles. The number of carbonyl (C=O) groups excluding carboxylic acids is 1. The van der Waals surface area contributed by atoms with Crippen LogP contribution in [0, 0.1) is 0 Å². The maximum absolute atomic E-state index is 12.5. The van der Waals surface area contributed by atoms with Crippen LogP contribution < -0.4 is 5.56 Å². The van der Waals surface area contributed by atoms with Crippen molar-refractivity contribution in [3.63, 3.8) is 0 Å². The normalized spacial score (nSPS) is 15.1. The SMILES string of the molecule is CC(C)(C)c1nc2ccccc2n1C1CN(C(=O)Cn2ncccc2=O)C1. The first-order chi connectivity index (χ1) is 12.8. The van der Waals surface area contributed by atoms with Gasteiger partial charge in [0.2, 0.25) is 5.91 Å². The van der Waals surface area contributed by atoms with Crippen LogP contribution in [0.15, 0.2) is 47.4 Å². The summed E-state index contributed by atoms with van der Waals surface area (Å²) in [7, 11) is 0. The fourth-order valence-corrected chi connectivity index (χ4v) is 3.50. The molecule has 0 unspecified atom stereocenters. The van der Waals surface area contributed by atoms with E-state index in [-0.39, 0.29) is 29.5 Å². The van der Waals surface area contributed by atoms with Crippen molar-refractivity contribution < 1.29 is 4.79 Å². The van der Waals surface area contributed by atoms with Gasteiger partial charge < -0.3 is 9.47 Å². The molecule has 27 heavy (non-hydrogen) atoms. The minimum atomic E-state index is -0.265. The Hall–Kier alpha value is -2.96. The predicted octanol–water partition coefficient (Wildman–Crippen LogP) is 1.97. The number of amides is 1. The van der Waals surface area contributed by atoms with Crippen LogP contribution in [0.25, 0.3) is 11.0 Å². The molecule has 1 saturated heterocycles. The number of hydrogen-bond donors (Lipinski definition) is 0. The summed E-state index contributed by atoms with van der Waals surface area (Å²) in [4.78, 5) is 30.9. The third-order valence-electron chi connectivity index (χ3n) is 4.92. The lowest BCUT2D eigenvalue weighted by atomic mass is 9.94. The second kappa shape index (κ2) is 6.33. The van der Waals surface area contributed by atoms with E-state index < -0.39 is 0 Å². The molecule has 0 spiro atoms. The third-order valence-corrected chi connectivity index (χ3v) is 4.92. The maximum Gasteiger partial charge on any atom is 0.267 e. The van der Waals surface area contributed by atoms with Crippen molar-refractivity contribution in [3.05, 3.63) is 58.8 Å². The summed E-state index contributed by atoms with van der Waals surface area (Å²) in [6, 6.07) is 11.3. The summed E-state index contributed by atoms with van der Waals surface area (Å²) in [6.45, 7) is 7.66. The number of benzene rings is 1. The summed E-state index contributed by atoms with van der Waals surface area (Å²) in [5, 5.41) is 3.96. The van der Waals surface area contributed by atoms with Gasteiger partial charge in [0.25, 0.3) is 5.56 Å². The van der Waals surface area contributed by atoms with Crippen LogP contribution in [0.5, 0.6) is 0 Å². The average molecular weight is 365 g/mol. The van der Waals surface area contributed by atoms with Gasteiger partial charge in [0.15, 0.2) is 0 Å². The first-order valence-electron chi connectivity index (χ1n) is 9.12. The molecule has 1 aliphatic heterocycles. The van der Waals surface area contributed by atoms with Crippen LogP contribution >= 0.6 is 0 Å². The molecule has 0 atom stereocenters. The first kappa shape index (κ1) is 17.5. The zero-order chi connectivity index (χ0) is 19.2. The lowest BCUT2D eigenvalue weighted by Gasteiger charge is -2.41. The Kier molecular flexibility index (Phi) is 4.09. The fraction of sp³-hybridized carbons (Fsp3) is 0.400. The lowest BCUT2D eigenvalue weighted by Crippen LogP contribution is -2.53. The molecular weight excluding hydrogens is 342 g/mol. The molecule has 7 heteroatoms. The molecule has 1 fully saturated rings. The first-order valence-corrected chi connectivity index (χ1v) is 9.12. The Morgan fingerprint density at radius 2 is 1.89 bits per heavy atom. The summed E-state index contributed by atoms with van der Waals surface area (Å²) in [5.74, 6) is 0.940. The van der Waals surface area contributed by atoms with Crippen molar-refractivity contribution in [1.82, 2.24) is 24.2 Å². The van der Waals surface area contributed by atoms with E-state index in [4.69, 9.17) is 4.98 Å². The van der Waals surface area contributed by atoms with Crippen LogP contribution in [-0.2, 0) is 16.8 Å². The van der Waals surface area contributed by atoms with Gasteiger partial charge in [-0.1, -0.05) is 32.9 Å². The molecule has 1 amide bonds. The summed E-state index contributed by atoms with van der Waals surface area (Å²) >= 11 is 0. The molecule has 0 radical (unpaired) electrons. The van der Waals surface area contributed by atoms with Crippen molar-refractivity contribution in [2.45, 2.75) is 38.8 Å². The molecule has 3 aromatic rings. The minimum Gasteiger partial charge on any atom is -0.337 e. The number of nitrogens with zero attached hydrogens (tertiary/aromatic N) is 5. The van der Waals surface area contributed by atoms with Crippen LogP contribution in [-0.4, -0.2) is 43.2 Å². The zero-order valence-corrected chi connectivity index (χ0v) is 15.8. The summed E-state index contributed by atoms with van der Waals surface area (Å²) < 4.78 is 3.47. The number of likely N-dealkylation sites (tertiary alicyclic amines) is 1. The third kappa shape index (κ3) is 3.13. The highest BCUT2D eigenvalue weighted by Gasteiger charge is 2.36. The number of fused-ring (bicyclic) bond motifs is 1. The van der Waals surface area contributed by atoms with Gasteiger partial charge >= 0.3 is 0 Å². The van der Waals surface area contributed by atoms with Gasteiger partial charge in [-0.15, -0.1) is 0 Å². The second-order valence-electron chi connectivity index (χ2n) is 8.02. The number of carbonyl (C=O) groups is 1. The maximum atomic E-state index is 12.5. The number of para-hydroxylation sites is 2. The van der Waals surface area contributed by atoms with Gasteiger partial charge in [0.05, 0.1) is 17.1 Å². The largest absolute Gasteiger partial charge is 0.337 e. The molecular formula is C20H23N5O2. The van der Waals surface area contributed by atoms with Gasteiger partial charge in [0.1, 0.15) is 12.4 Å². The highest BCUT2D eigenvalue weighted by molar-refractivity contribution is 5.78. The Morgan fingerprint density at radius 3 is 2.59 bits per heavy atom. The van der Waals surface area contributed by atoms with Crippen LogP contribution in [0.1, 0.15) is 32.6 Å². The van der Waals surface area contributed by atoms with Crippen molar-refractivity contribution in [1.29, 1.82) is 0 Å². The van der Waals surface area contributed by atoms with Gasteiger partial charge in [-0.25, -0.2) is 9.67 Å². The molecule has 0 aliphatic carbocycles. The molecule has 140 valence electrons. The van der Waals surface area contributed by atoms with Gasteiger partial charge in [0, 0.05) is 30.8 Å². The van der Waals surface area contributed by atoms with E-state index in [1.165, 1.54) is 16.9 Å². The average Bonchev–Trinajstić information content (AvgIpc) is 2.96. The van der Waals surface area contributed by atoms with Gasteiger partial charge in [-0.05, 0) is 18.2 Å². The van der Waals surface area contributed by atoms with E-state index in [1.54, 1.807) is 11.0 Å². The smallest absolute Gasteiger partial charge is 0.267 e. The number of rotatable bonds is 3. The van der Waals surface area contributed by atoms with E-state index in [0.717, 1.165) is 16.9 Å². The number of imidazole rings is 1. The van der Waals surface area contributed by atoms with Gasteiger partial charge in [-0.2, -0.15) is 5.10 Å². The highest BCUT2D eigenvalue weighted by atomic mass is 16.2. The van der Waals surface area contributed by atoms with Crippen molar-refractivity contribution in [2.75, 3.05) is 13.1 Å². The molecule has 7 nitrogen and oxygen atoms in total. The van der Waals surface area contributed by atoms with E-state index >= 15 is 0 Å². The molecule has 1 aliphatic rings. The number of aromatic nitrogens is 4. The second-order valence-corrected chi connectivity index (χ2v) is 8.02. The minimum absolute atomic E-state index is 0.0246. The lowest BCUT2D eigenvalue weighted by molar-refractivity contribution is -0.137. The van der Waals surface area contributed by atoms with Gasteiger partial charge in [-0.3, -0.25) is 9.59 Å². The Balaban J connectivity index is 1.55. The van der Waals surface area contributed by atoms with Crippen LogP contribution in [0.2, 0.25) is 0 Å². The monoisotopic (exact) mass is 365 g/mol. The highest BCUT2D eigenvalue weighted by Crippen LogP contribution is 2.33. The summed E-state index contributed by atoms with van der Waals surface area (Å²) in [6.07, 6.45) is 1.51. The van der Waals surface area contributed by atoms with Crippen LogP contribution in [0.3, 0.4) is 0 Å². The standard InChI is InChI=1S/C20H23N5O2/c1-20(2,3)19-22-15-7-4-5-8-16(15)25(19)14-11-23(12-14)18(27)13-24-17(26)9-6-10-21-24/h4-10,14H,11-13H2,1-3H3. The van der Waals surface area contributed by atoms with Crippen molar-refractivity contribution in [3.8, 4) is 0 Å². The van der Waals surface area contributed by atoms with Crippen molar-refractivity contribution >= 4 is 16.9 Å². The predicted molar refractivity (Wildman–Crippen MR) is 103 cm³/mol. The summed E-state index contributed by atoms with van der Waals surface area (Å²) in [5.41, 5.74) is 1.72. The molecule has 1 aromatic carbocycles. The van der Waals surface area contributed by atoms with Crippen LogP contribution in [0.4, 0.5) is 0 Å². The Morgan fingerprint density at radius 1 is 1.15 bits per heavy atom. The molecule has 0 saturated carbocycles. The molecule has 0 N–H and O–H groups in total. The fourth-order valence-electron chi connectivity index (χ4n) is 3.50. The molecule has 4 rings (SSSR count). The zero-order valence-electron chi connectivity index (χ0n) is 15.8. The molecule has 0 bridgehead atoms. The van der Waals surface area contributed by atoms with E-state index in [1.807, 2.05) is 18.2 Å².